The number of rotatable bonds is 9. The lowest BCUT2D eigenvalue weighted by molar-refractivity contribution is -0.243. The zero-order chi connectivity index (χ0) is 25.7. The molecule has 2 aliphatic heterocycles. The van der Waals surface area contributed by atoms with Gasteiger partial charge in [0.05, 0.1) is 25.4 Å². The fourth-order valence-corrected chi connectivity index (χ4v) is 4.20. The molecule has 2 aliphatic rings. The molecule has 0 aromatic carbocycles. The van der Waals surface area contributed by atoms with Crippen LogP contribution in [0.15, 0.2) is 0 Å². The van der Waals surface area contributed by atoms with Crippen molar-refractivity contribution in [2.24, 2.45) is 5.92 Å². The molecule has 196 valence electrons. The molecule has 0 radical (unpaired) electrons. The fourth-order valence-electron chi connectivity index (χ4n) is 4.20. The number of hydrogen-bond donors (Lipinski definition) is 2. The van der Waals surface area contributed by atoms with Gasteiger partial charge in [-0.2, -0.15) is 0 Å². The number of fused-ring (bicyclic) bond motifs is 1. The third-order valence-corrected chi connectivity index (χ3v) is 5.62. The zero-order valence-electron chi connectivity index (χ0n) is 21.5. The Balaban J connectivity index is 2.13. The van der Waals surface area contributed by atoms with E-state index in [1.165, 1.54) is 7.11 Å². The molecule has 0 aliphatic carbocycles. The van der Waals surface area contributed by atoms with Crippen molar-refractivity contribution < 1.29 is 42.8 Å². The minimum absolute atomic E-state index is 0.0649. The van der Waals surface area contributed by atoms with Gasteiger partial charge in [-0.05, 0) is 41.0 Å². The molecule has 6 atom stereocenters. The van der Waals surface area contributed by atoms with E-state index in [9.17, 15) is 14.4 Å². The molecule has 11 nitrogen and oxygen atoms in total. The number of alkyl carbamates (subject to hydrolysis) is 1. The maximum atomic E-state index is 12.7. The second-order valence-corrected chi connectivity index (χ2v) is 10.1. The number of nitrogens with one attached hydrogen (secondary N) is 2. The van der Waals surface area contributed by atoms with Crippen LogP contribution in [0.25, 0.3) is 0 Å². The molecule has 0 bridgehead atoms. The molecule has 2 saturated heterocycles. The summed E-state index contributed by atoms with van der Waals surface area (Å²) in [4.78, 5) is 36.6. The summed E-state index contributed by atoms with van der Waals surface area (Å²) in [5, 5.41) is 5.57. The first-order chi connectivity index (χ1) is 15.8. The Morgan fingerprint density at radius 3 is 2.38 bits per heavy atom. The van der Waals surface area contributed by atoms with E-state index in [1.807, 2.05) is 6.92 Å². The summed E-state index contributed by atoms with van der Waals surface area (Å²) < 4.78 is 33.8. The van der Waals surface area contributed by atoms with Crippen molar-refractivity contribution in [3.05, 3.63) is 0 Å². The van der Waals surface area contributed by atoms with Crippen LogP contribution in [-0.4, -0.2) is 80.8 Å². The van der Waals surface area contributed by atoms with Crippen molar-refractivity contribution in [3.63, 3.8) is 0 Å². The average molecular weight is 489 g/mol. The van der Waals surface area contributed by atoms with Crippen LogP contribution in [-0.2, 0) is 38.0 Å². The van der Waals surface area contributed by atoms with Crippen LogP contribution in [0.2, 0.25) is 0 Å². The maximum absolute atomic E-state index is 12.7. The number of carbonyl (C=O) groups excluding carboxylic acids is 3. The van der Waals surface area contributed by atoms with Crippen LogP contribution in [0.4, 0.5) is 4.79 Å². The van der Waals surface area contributed by atoms with Gasteiger partial charge in [0.2, 0.25) is 5.91 Å². The summed E-state index contributed by atoms with van der Waals surface area (Å²) in [5.41, 5.74) is -0.712. The van der Waals surface area contributed by atoms with E-state index in [0.717, 1.165) is 0 Å². The van der Waals surface area contributed by atoms with E-state index in [1.54, 1.807) is 41.7 Å². The minimum atomic E-state index is -0.855. The predicted molar refractivity (Wildman–Crippen MR) is 121 cm³/mol. The Morgan fingerprint density at radius 2 is 1.79 bits per heavy atom. The van der Waals surface area contributed by atoms with E-state index in [4.69, 9.17) is 23.7 Å². The molecular weight excluding hydrogens is 448 g/mol. The Morgan fingerprint density at radius 1 is 1.12 bits per heavy atom. The summed E-state index contributed by atoms with van der Waals surface area (Å²) in [6, 6.07) is -0.726. The zero-order valence-corrected chi connectivity index (χ0v) is 21.5. The standard InChI is InChI=1S/C23H40N2O9/c1-13-17(31-20-19(18(13)30-8)32-23(5,6)33-20)14(25-21(28)34-22(2,3)4)12-15(26)24-11-9-10-16(27)29-7/h13-14,17-20H,9-12H2,1-8H3,(H,24,26)(H,25,28)/t13-,14+,17?,18+,19-,20-/m1/s1. The van der Waals surface area contributed by atoms with Gasteiger partial charge in [0.25, 0.3) is 0 Å². The first kappa shape index (κ1) is 28.3. The molecule has 2 rings (SSSR count). The van der Waals surface area contributed by atoms with Crippen molar-refractivity contribution >= 4 is 18.0 Å². The molecule has 2 amide bonds. The number of esters is 1. The van der Waals surface area contributed by atoms with Gasteiger partial charge in [0.15, 0.2) is 12.1 Å². The number of hydrogen-bond acceptors (Lipinski definition) is 9. The molecule has 0 aromatic rings. The Kier molecular flexibility index (Phi) is 9.70. The third kappa shape index (κ3) is 8.07. The van der Waals surface area contributed by atoms with E-state index in [0.29, 0.717) is 13.0 Å². The van der Waals surface area contributed by atoms with Crippen molar-refractivity contribution in [2.75, 3.05) is 20.8 Å². The van der Waals surface area contributed by atoms with Gasteiger partial charge in [-0.1, -0.05) is 6.92 Å². The molecule has 34 heavy (non-hydrogen) atoms. The van der Waals surface area contributed by atoms with Crippen LogP contribution < -0.4 is 10.6 Å². The molecule has 0 saturated carbocycles. The van der Waals surface area contributed by atoms with Crippen LogP contribution in [0.1, 0.15) is 60.8 Å². The highest BCUT2D eigenvalue weighted by molar-refractivity contribution is 5.78. The summed E-state index contributed by atoms with van der Waals surface area (Å²) in [5.74, 6) is -1.74. The topological polar surface area (TPSA) is 131 Å². The van der Waals surface area contributed by atoms with Gasteiger partial charge in [-0.15, -0.1) is 0 Å². The van der Waals surface area contributed by atoms with Crippen LogP contribution in [0, 0.1) is 5.92 Å². The van der Waals surface area contributed by atoms with Crippen LogP contribution in [0.5, 0.6) is 0 Å². The third-order valence-electron chi connectivity index (χ3n) is 5.62. The Labute approximate surface area is 201 Å². The summed E-state index contributed by atoms with van der Waals surface area (Å²) in [7, 11) is 2.90. The number of ether oxygens (including phenoxy) is 6. The van der Waals surface area contributed by atoms with Gasteiger partial charge in [0, 0.05) is 32.4 Å². The number of carbonyl (C=O) groups is 3. The lowest BCUT2D eigenvalue weighted by atomic mass is 9.85. The van der Waals surface area contributed by atoms with E-state index < -0.39 is 42.0 Å². The Hall–Kier alpha value is -1.95. The Bertz CT molecular complexity index is 722. The van der Waals surface area contributed by atoms with Gasteiger partial charge in [0.1, 0.15) is 11.7 Å². The normalized spacial score (nSPS) is 29.0. The lowest BCUT2D eigenvalue weighted by Crippen LogP contribution is -2.60. The predicted octanol–water partition coefficient (Wildman–Crippen LogP) is 1.87. The monoisotopic (exact) mass is 488 g/mol. The van der Waals surface area contributed by atoms with Crippen molar-refractivity contribution in [2.45, 2.75) is 103 Å². The first-order valence-electron chi connectivity index (χ1n) is 11.6. The van der Waals surface area contributed by atoms with Gasteiger partial charge >= 0.3 is 12.1 Å². The molecule has 2 fully saturated rings. The highest BCUT2D eigenvalue weighted by atomic mass is 16.8. The highest BCUT2D eigenvalue weighted by Crippen LogP contribution is 2.40. The highest BCUT2D eigenvalue weighted by Gasteiger charge is 2.55. The molecule has 2 N–H and O–H groups in total. The van der Waals surface area contributed by atoms with Gasteiger partial charge < -0.3 is 39.1 Å². The quantitative estimate of drug-likeness (QED) is 0.369. The summed E-state index contributed by atoms with van der Waals surface area (Å²) >= 11 is 0. The molecule has 0 spiro atoms. The maximum Gasteiger partial charge on any atom is 0.407 e. The van der Waals surface area contributed by atoms with Crippen LogP contribution >= 0.6 is 0 Å². The van der Waals surface area contributed by atoms with Crippen LogP contribution in [0.3, 0.4) is 0 Å². The molecule has 2 heterocycles. The largest absolute Gasteiger partial charge is 0.469 e. The smallest absolute Gasteiger partial charge is 0.407 e. The second-order valence-electron chi connectivity index (χ2n) is 10.1. The SMILES string of the molecule is COC(=O)CCCNC(=O)C[C@H](NC(=O)OC(C)(C)C)C1O[C@@H]2OC(C)(C)O[C@@H]2[C@@H](OC)[C@@H]1C. The fraction of sp³-hybridized carbons (Fsp3) is 0.870. The minimum Gasteiger partial charge on any atom is -0.469 e. The summed E-state index contributed by atoms with van der Waals surface area (Å²) in [6.45, 7) is 11.1. The van der Waals surface area contributed by atoms with Gasteiger partial charge in [-0.25, -0.2) is 4.79 Å². The first-order valence-corrected chi connectivity index (χ1v) is 11.6. The van der Waals surface area contributed by atoms with Crippen molar-refractivity contribution in [1.82, 2.24) is 10.6 Å². The molecule has 11 heteroatoms. The van der Waals surface area contributed by atoms with Gasteiger partial charge in [-0.3, -0.25) is 9.59 Å². The molecule has 1 unspecified atom stereocenters. The second kappa shape index (κ2) is 11.7. The summed E-state index contributed by atoms with van der Waals surface area (Å²) in [6.07, 6.45) is -2.24. The van der Waals surface area contributed by atoms with E-state index in [2.05, 4.69) is 15.4 Å². The number of amides is 2. The number of methoxy groups -OCH3 is 2. The van der Waals surface area contributed by atoms with Crippen molar-refractivity contribution in [3.8, 4) is 0 Å². The average Bonchev–Trinajstić information content (AvgIpc) is 3.02. The van der Waals surface area contributed by atoms with E-state index >= 15 is 0 Å². The van der Waals surface area contributed by atoms with E-state index in [-0.39, 0.29) is 36.7 Å². The lowest BCUT2D eigenvalue weighted by Gasteiger charge is -2.43. The molecule has 0 aromatic heterocycles. The van der Waals surface area contributed by atoms with Crippen molar-refractivity contribution in [1.29, 1.82) is 0 Å². The molecular formula is C23H40N2O9.